The Morgan fingerprint density at radius 1 is 1.25 bits per heavy atom. The molecule has 2 rings (SSSR count). The minimum atomic E-state index is -1.24. The van der Waals surface area contributed by atoms with E-state index in [0.717, 1.165) is 6.07 Å². The van der Waals surface area contributed by atoms with E-state index in [1.54, 1.807) is 12.1 Å². The van der Waals surface area contributed by atoms with E-state index in [0.29, 0.717) is 5.76 Å². The first kappa shape index (κ1) is 13.4. The van der Waals surface area contributed by atoms with Gasteiger partial charge in [-0.15, -0.1) is 0 Å². The summed E-state index contributed by atoms with van der Waals surface area (Å²) in [6.07, 6.45) is 4.15. The molecule has 0 aliphatic carbocycles. The van der Waals surface area contributed by atoms with Crippen molar-refractivity contribution in [2.75, 3.05) is 5.32 Å². The Hall–Kier alpha value is -3.02. The smallest absolute Gasteiger partial charge is 0.337 e. The SMILES string of the molecule is O=C(/C=C/c1ccco1)Nc1ccc(O)cc1C(=O)O. The number of phenols is 1. The molecule has 102 valence electrons. The fourth-order valence-corrected chi connectivity index (χ4v) is 1.54. The molecule has 1 aromatic carbocycles. The first-order valence-electron chi connectivity index (χ1n) is 5.65. The summed E-state index contributed by atoms with van der Waals surface area (Å²) in [5.41, 5.74) is -0.0888. The first-order chi connectivity index (χ1) is 9.56. The third kappa shape index (κ3) is 3.26. The van der Waals surface area contributed by atoms with E-state index in [9.17, 15) is 14.7 Å². The summed E-state index contributed by atoms with van der Waals surface area (Å²) >= 11 is 0. The van der Waals surface area contributed by atoms with Crippen molar-refractivity contribution in [2.24, 2.45) is 0 Å². The lowest BCUT2D eigenvalue weighted by Crippen LogP contribution is -2.11. The van der Waals surface area contributed by atoms with Crippen LogP contribution in [-0.2, 0) is 4.79 Å². The van der Waals surface area contributed by atoms with Gasteiger partial charge >= 0.3 is 5.97 Å². The molecule has 2 aromatic rings. The fourth-order valence-electron chi connectivity index (χ4n) is 1.54. The second kappa shape index (κ2) is 5.75. The lowest BCUT2D eigenvalue weighted by Gasteiger charge is -2.06. The zero-order chi connectivity index (χ0) is 14.5. The molecular formula is C14H11NO5. The molecule has 0 unspecified atom stereocenters. The predicted octanol–water partition coefficient (Wildman–Crippen LogP) is 2.34. The number of carbonyl (C=O) groups excluding carboxylic acids is 1. The van der Waals surface area contributed by atoms with E-state index in [2.05, 4.69) is 5.32 Å². The predicted molar refractivity (Wildman–Crippen MR) is 71.4 cm³/mol. The number of carboxylic acid groups (broad SMARTS) is 1. The minimum absolute atomic E-state index is 0.101. The molecule has 1 heterocycles. The summed E-state index contributed by atoms with van der Waals surface area (Å²) in [5.74, 6) is -1.43. The molecule has 6 nitrogen and oxygen atoms in total. The van der Waals surface area contributed by atoms with Crippen molar-refractivity contribution in [3.63, 3.8) is 0 Å². The maximum atomic E-state index is 11.7. The Labute approximate surface area is 114 Å². The molecule has 0 saturated heterocycles. The van der Waals surface area contributed by atoms with Crippen molar-refractivity contribution in [3.8, 4) is 5.75 Å². The van der Waals surface area contributed by atoms with Crippen LogP contribution in [0.2, 0.25) is 0 Å². The van der Waals surface area contributed by atoms with E-state index >= 15 is 0 Å². The number of carboxylic acids is 1. The van der Waals surface area contributed by atoms with E-state index in [1.807, 2.05) is 0 Å². The van der Waals surface area contributed by atoms with Crippen LogP contribution in [-0.4, -0.2) is 22.1 Å². The minimum Gasteiger partial charge on any atom is -0.508 e. The van der Waals surface area contributed by atoms with Gasteiger partial charge in [-0.1, -0.05) is 0 Å². The van der Waals surface area contributed by atoms with Crippen molar-refractivity contribution < 1.29 is 24.2 Å². The molecule has 0 bridgehead atoms. The zero-order valence-electron chi connectivity index (χ0n) is 10.2. The van der Waals surface area contributed by atoms with Crippen molar-refractivity contribution in [2.45, 2.75) is 0 Å². The number of nitrogens with one attached hydrogen (secondary N) is 1. The molecule has 0 radical (unpaired) electrons. The topological polar surface area (TPSA) is 99.8 Å². The number of benzene rings is 1. The molecule has 6 heteroatoms. The molecule has 1 amide bonds. The van der Waals surface area contributed by atoms with Gasteiger partial charge in [-0.05, 0) is 36.4 Å². The van der Waals surface area contributed by atoms with Crippen LogP contribution in [0.15, 0.2) is 47.1 Å². The highest BCUT2D eigenvalue weighted by Gasteiger charge is 2.12. The van der Waals surface area contributed by atoms with Crippen LogP contribution in [0.3, 0.4) is 0 Å². The van der Waals surface area contributed by atoms with Crippen molar-refractivity contribution >= 4 is 23.6 Å². The molecular weight excluding hydrogens is 262 g/mol. The van der Waals surface area contributed by atoms with Crippen molar-refractivity contribution in [1.82, 2.24) is 0 Å². The Morgan fingerprint density at radius 3 is 2.70 bits per heavy atom. The van der Waals surface area contributed by atoms with Crippen molar-refractivity contribution in [3.05, 3.63) is 54.0 Å². The summed E-state index contributed by atoms with van der Waals surface area (Å²) in [4.78, 5) is 22.7. The number of phenolic OH excluding ortho intramolecular Hbond substituents is 1. The van der Waals surface area contributed by atoms with Gasteiger partial charge in [-0.2, -0.15) is 0 Å². The second-order valence-electron chi connectivity index (χ2n) is 3.87. The molecule has 20 heavy (non-hydrogen) atoms. The number of hydrogen-bond acceptors (Lipinski definition) is 4. The van der Waals surface area contributed by atoms with Crippen LogP contribution < -0.4 is 5.32 Å². The van der Waals surface area contributed by atoms with E-state index in [-0.39, 0.29) is 17.0 Å². The number of aromatic hydroxyl groups is 1. The molecule has 0 aliphatic heterocycles. The number of anilines is 1. The van der Waals surface area contributed by atoms with Gasteiger partial charge < -0.3 is 19.9 Å². The monoisotopic (exact) mass is 273 g/mol. The molecule has 0 spiro atoms. The normalized spacial score (nSPS) is 10.6. The van der Waals surface area contributed by atoms with Crippen LogP contribution in [0.1, 0.15) is 16.1 Å². The lowest BCUT2D eigenvalue weighted by molar-refractivity contribution is -0.111. The van der Waals surface area contributed by atoms with Gasteiger partial charge in [-0.25, -0.2) is 4.79 Å². The Bertz CT molecular complexity index is 658. The van der Waals surface area contributed by atoms with E-state index in [1.165, 1.54) is 30.5 Å². The van der Waals surface area contributed by atoms with Crippen LogP contribution in [0.25, 0.3) is 6.08 Å². The average Bonchev–Trinajstić information content (AvgIpc) is 2.91. The standard InChI is InChI=1S/C14H11NO5/c16-9-3-5-12(11(8-9)14(18)19)15-13(17)6-4-10-2-1-7-20-10/h1-8,16H,(H,15,17)(H,18,19)/b6-4+. The van der Waals surface area contributed by atoms with E-state index in [4.69, 9.17) is 9.52 Å². The summed E-state index contributed by atoms with van der Waals surface area (Å²) in [7, 11) is 0. The number of hydrogen-bond donors (Lipinski definition) is 3. The van der Waals surface area contributed by atoms with Crippen LogP contribution in [0, 0.1) is 0 Å². The summed E-state index contributed by atoms with van der Waals surface area (Å²) in [5, 5.41) is 20.7. The maximum absolute atomic E-state index is 11.7. The lowest BCUT2D eigenvalue weighted by atomic mass is 10.1. The highest BCUT2D eigenvalue weighted by atomic mass is 16.4. The van der Waals surface area contributed by atoms with Crippen LogP contribution in [0.5, 0.6) is 5.75 Å². The number of carbonyl (C=O) groups is 2. The number of amides is 1. The molecule has 3 N–H and O–H groups in total. The van der Waals surface area contributed by atoms with Gasteiger partial charge in [0.1, 0.15) is 11.5 Å². The molecule has 0 aliphatic rings. The number of aromatic carboxylic acids is 1. The Kier molecular flexibility index (Phi) is 3.85. The van der Waals surface area contributed by atoms with Gasteiger partial charge in [0.2, 0.25) is 5.91 Å². The summed E-state index contributed by atoms with van der Waals surface area (Å²) < 4.78 is 5.02. The van der Waals surface area contributed by atoms with Gasteiger partial charge in [0.15, 0.2) is 0 Å². The van der Waals surface area contributed by atoms with Gasteiger partial charge in [0.05, 0.1) is 17.5 Å². The van der Waals surface area contributed by atoms with Crippen LogP contribution in [0.4, 0.5) is 5.69 Å². The summed E-state index contributed by atoms with van der Waals surface area (Å²) in [6, 6.07) is 7.02. The van der Waals surface area contributed by atoms with Gasteiger partial charge in [0, 0.05) is 6.08 Å². The third-order valence-corrected chi connectivity index (χ3v) is 2.43. The maximum Gasteiger partial charge on any atom is 0.337 e. The largest absolute Gasteiger partial charge is 0.508 e. The second-order valence-corrected chi connectivity index (χ2v) is 3.87. The molecule has 0 saturated carbocycles. The van der Waals surface area contributed by atoms with Crippen molar-refractivity contribution in [1.29, 1.82) is 0 Å². The highest BCUT2D eigenvalue weighted by Crippen LogP contribution is 2.21. The first-order valence-corrected chi connectivity index (χ1v) is 5.65. The van der Waals surface area contributed by atoms with Crippen LogP contribution >= 0.6 is 0 Å². The fraction of sp³-hybridized carbons (Fsp3) is 0. The molecule has 0 fully saturated rings. The zero-order valence-corrected chi connectivity index (χ0v) is 10.2. The van der Waals surface area contributed by atoms with Gasteiger partial charge in [0.25, 0.3) is 0 Å². The third-order valence-electron chi connectivity index (χ3n) is 2.43. The van der Waals surface area contributed by atoms with E-state index < -0.39 is 11.9 Å². The number of furan rings is 1. The average molecular weight is 273 g/mol. The Balaban J connectivity index is 2.13. The summed E-state index contributed by atoms with van der Waals surface area (Å²) in [6.45, 7) is 0. The highest BCUT2D eigenvalue weighted by molar-refractivity contribution is 6.06. The Morgan fingerprint density at radius 2 is 2.05 bits per heavy atom. The number of rotatable bonds is 4. The quantitative estimate of drug-likeness (QED) is 0.586. The molecule has 0 atom stereocenters. The molecule has 1 aromatic heterocycles. The van der Waals surface area contributed by atoms with Gasteiger partial charge in [-0.3, -0.25) is 4.79 Å².